The van der Waals surface area contributed by atoms with E-state index in [4.69, 9.17) is 0 Å². The lowest BCUT2D eigenvalue weighted by Gasteiger charge is -2.09. The monoisotopic (exact) mass is 326 g/mol. The third-order valence-electron chi connectivity index (χ3n) is 3.64. The molecule has 126 valence electrons. The summed E-state index contributed by atoms with van der Waals surface area (Å²) in [6, 6.07) is 12.2. The standard InChI is InChI=1S/C19H22N2O3/c1-3-4-5-14-7-9-15(10-8-14)20-18(23)19(24)21-16-12-13(2)6-11-17(16)22/h6-12,22H,3-5H2,1-2H3,(H,20,23)(H,21,24). The van der Waals surface area contributed by atoms with Gasteiger partial charge in [0.25, 0.3) is 0 Å². The quantitative estimate of drug-likeness (QED) is 0.580. The number of hydrogen-bond acceptors (Lipinski definition) is 3. The van der Waals surface area contributed by atoms with Crippen molar-refractivity contribution in [3.63, 3.8) is 0 Å². The Bertz CT molecular complexity index is 724. The van der Waals surface area contributed by atoms with Crippen molar-refractivity contribution >= 4 is 23.2 Å². The molecule has 0 aliphatic heterocycles. The van der Waals surface area contributed by atoms with Crippen LogP contribution in [0.25, 0.3) is 0 Å². The number of hydrogen-bond donors (Lipinski definition) is 3. The maximum atomic E-state index is 12.0. The summed E-state index contributed by atoms with van der Waals surface area (Å²) in [6.07, 6.45) is 3.25. The normalized spacial score (nSPS) is 10.2. The lowest BCUT2D eigenvalue weighted by Crippen LogP contribution is -2.29. The Labute approximate surface area is 141 Å². The van der Waals surface area contributed by atoms with Crippen LogP contribution in [0.15, 0.2) is 42.5 Å². The molecule has 2 aromatic rings. The third kappa shape index (κ3) is 4.84. The zero-order valence-corrected chi connectivity index (χ0v) is 13.9. The molecule has 5 nitrogen and oxygen atoms in total. The molecule has 3 N–H and O–H groups in total. The summed E-state index contributed by atoms with van der Waals surface area (Å²) in [5, 5.41) is 14.7. The van der Waals surface area contributed by atoms with Crippen LogP contribution in [0.2, 0.25) is 0 Å². The summed E-state index contributed by atoms with van der Waals surface area (Å²) < 4.78 is 0. The highest BCUT2D eigenvalue weighted by atomic mass is 16.3. The molecule has 0 fully saturated rings. The van der Waals surface area contributed by atoms with Gasteiger partial charge in [-0.2, -0.15) is 0 Å². The average Bonchev–Trinajstić information content (AvgIpc) is 2.57. The van der Waals surface area contributed by atoms with Crippen molar-refractivity contribution in [2.45, 2.75) is 33.1 Å². The summed E-state index contributed by atoms with van der Waals surface area (Å²) in [4.78, 5) is 23.9. The van der Waals surface area contributed by atoms with Gasteiger partial charge >= 0.3 is 11.8 Å². The first-order valence-corrected chi connectivity index (χ1v) is 8.00. The van der Waals surface area contributed by atoms with Crippen LogP contribution in [0, 0.1) is 6.92 Å². The van der Waals surface area contributed by atoms with Gasteiger partial charge < -0.3 is 15.7 Å². The second kappa shape index (κ2) is 8.15. The van der Waals surface area contributed by atoms with E-state index >= 15 is 0 Å². The van der Waals surface area contributed by atoms with E-state index in [0.717, 1.165) is 24.8 Å². The predicted octanol–water partition coefficient (Wildman–Crippen LogP) is 3.62. The van der Waals surface area contributed by atoms with Crippen LogP contribution in [0.3, 0.4) is 0 Å². The van der Waals surface area contributed by atoms with Crippen molar-refractivity contribution in [1.82, 2.24) is 0 Å². The number of carbonyl (C=O) groups excluding carboxylic acids is 2. The minimum Gasteiger partial charge on any atom is -0.506 e. The van der Waals surface area contributed by atoms with Gasteiger partial charge in [0.2, 0.25) is 0 Å². The lowest BCUT2D eigenvalue weighted by atomic mass is 10.1. The Morgan fingerprint density at radius 1 is 1.00 bits per heavy atom. The molecule has 0 atom stereocenters. The zero-order valence-electron chi connectivity index (χ0n) is 13.9. The van der Waals surface area contributed by atoms with E-state index in [1.165, 1.54) is 11.6 Å². The molecule has 2 aromatic carbocycles. The molecule has 0 aromatic heterocycles. The number of phenolic OH excluding ortho intramolecular Hbond substituents is 1. The second-order valence-electron chi connectivity index (χ2n) is 5.73. The molecule has 2 rings (SSSR count). The fourth-order valence-electron chi connectivity index (χ4n) is 2.25. The highest BCUT2D eigenvalue weighted by Crippen LogP contribution is 2.23. The fraction of sp³-hybridized carbons (Fsp3) is 0.263. The molecular formula is C19H22N2O3. The summed E-state index contributed by atoms with van der Waals surface area (Å²) in [5.74, 6) is -1.69. The number of anilines is 2. The Balaban J connectivity index is 1.96. The van der Waals surface area contributed by atoms with Gasteiger partial charge in [0.1, 0.15) is 5.75 Å². The number of phenols is 1. The van der Waals surface area contributed by atoms with Crippen LogP contribution >= 0.6 is 0 Å². The van der Waals surface area contributed by atoms with Crippen LogP contribution in [0.5, 0.6) is 5.75 Å². The Kier molecular flexibility index (Phi) is 5.95. The molecule has 0 saturated heterocycles. The van der Waals surface area contributed by atoms with Crippen LogP contribution in [-0.4, -0.2) is 16.9 Å². The number of benzene rings is 2. The largest absolute Gasteiger partial charge is 0.506 e. The van der Waals surface area contributed by atoms with Crippen LogP contribution in [0.4, 0.5) is 11.4 Å². The predicted molar refractivity (Wildman–Crippen MR) is 95.2 cm³/mol. The van der Waals surface area contributed by atoms with Crippen molar-refractivity contribution in [3.8, 4) is 5.75 Å². The first-order chi connectivity index (χ1) is 11.5. The smallest absolute Gasteiger partial charge is 0.314 e. The van der Waals surface area contributed by atoms with Gasteiger partial charge in [-0.3, -0.25) is 9.59 Å². The molecule has 0 aliphatic rings. The molecule has 0 unspecified atom stereocenters. The van der Waals surface area contributed by atoms with E-state index in [1.807, 2.05) is 19.1 Å². The molecule has 2 amide bonds. The van der Waals surface area contributed by atoms with Crippen LogP contribution in [-0.2, 0) is 16.0 Å². The van der Waals surface area contributed by atoms with Crippen molar-refractivity contribution < 1.29 is 14.7 Å². The maximum Gasteiger partial charge on any atom is 0.314 e. The molecule has 0 saturated carbocycles. The minimum absolute atomic E-state index is 0.0815. The number of aryl methyl sites for hydroxylation is 2. The molecule has 5 heteroatoms. The van der Waals surface area contributed by atoms with E-state index in [2.05, 4.69) is 17.6 Å². The molecule has 0 spiro atoms. The van der Waals surface area contributed by atoms with Crippen LogP contribution < -0.4 is 10.6 Å². The summed E-state index contributed by atoms with van der Waals surface area (Å²) >= 11 is 0. The van der Waals surface area contributed by atoms with E-state index in [-0.39, 0.29) is 11.4 Å². The molecule has 0 heterocycles. The number of rotatable bonds is 5. The van der Waals surface area contributed by atoms with Crippen LogP contribution in [0.1, 0.15) is 30.9 Å². The molecule has 0 bridgehead atoms. The molecular weight excluding hydrogens is 304 g/mol. The molecule has 0 radical (unpaired) electrons. The molecule has 0 aliphatic carbocycles. The van der Waals surface area contributed by atoms with Gasteiger partial charge in [-0.1, -0.05) is 31.5 Å². The van der Waals surface area contributed by atoms with Gasteiger partial charge in [-0.05, 0) is 55.2 Å². The lowest BCUT2D eigenvalue weighted by molar-refractivity contribution is -0.133. The van der Waals surface area contributed by atoms with E-state index in [0.29, 0.717) is 5.69 Å². The number of unbranched alkanes of at least 4 members (excludes halogenated alkanes) is 1. The number of carbonyl (C=O) groups is 2. The van der Waals surface area contributed by atoms with Gasteiger partial charge in [-0.15, -0.1) is 0 Å². The van der Waals surface area contributed by atoms with Crippen molar-refractivity contribution in [3.05, 3.63) is 53.6 Å². The minimum atomic E-state index is -0.828. The summed E-state index contributed by atoms with van der Waals surface area (Å²) in [7, 11) is 0. The topological polar surface area (TPSA) is 78.4 Å². The first-order valence-electron chi connectivity index (χ1n) is 8.00. The van der Waals surface area contributed by atoms with E-state index in [9.17, 15) is 14.7 Å². The molecule has 24 heavy (non-hydrogen) atoms. The van der Waals surface area contributed by atoms with Gasteiger partial charge in [0, 0.05) is 5.69 Å². The zero-order chi connectivity index (χ0) is 17.5. The number of aromatic hydroxyl groups is 1. The van der Waals surface area contributed by atoms with Crippen molar-refractivity contribution in [2.75, 3.05) is 10.6 Å². The Hall–Kier alpha value is -2.82. The third-order valence-corrected chi connectivity index (χ3v) is 3.64. The van der Waals surface area contributed by atoms with Crippen molar-refractivity contribution in [2.24, 2.45) is 0 Å². The maximum absolute atomic E-state index is 12.0. The Morgan fingerprint density at radius 2 is 1.67 bits per heavy atom. The van der Waals surface area contributed by atoms with Gasteiger partial charge in [0.15, 0.2) is 0 Å². The summed E-state index contributed by atoms with van der Waals surface area (Å²) in [5.41, 5.74) is 2.84. The highest BCUT2D eigenvalue weighted by Gasteiger charge is 2.15. The fourth-order valence-corrected chi connectivity index (χ4v) is 2.25. The highest BCUT2D eigenvalue weighted by molar-refractivity contribution is 6.43. The van der Waals surface area contributed by atoms with E-state index in [1.54, 1.807) is 24.3 Å². The SMILES string of the molecule is CCCCc1ccc(NC(=O)C(=O)Nc2cc(C)ccc2O)cc1. The van der Waals surface area contributed by atoms with Crippen molar-refractivity contribution in [1.29, 1.82) is 0 Å². The van der Waals surface area contributed by atoms with Gasteiger partial charge in [-0.25, -0.2) is 0 Å². The first kappa shape index (κ1) is 17.5. The second-order valence-corrected chi connectivity index (χ2v) is 5.73. The number of amides is 2. The summed E-state index contributed by atoms with van der Waals surface area (Å²) in [6.45, 7) is 3.97. The van der Waals surface area contributed by atoms with E-state index < -0.39 is 11.8 Å². The van der Waals surface area contributed by atoms with Gasteiger partial charge in [0.05, 0.1) is 5.69 Å². The average molecular weight is 326 g/mol. The number of nitrogens with one attached hydrogen (secondary N) is 2. The Morgan fingerprint density at radius 3 is 2.33 bits per heavy atom.